The molecule has 0 spiro atoms. The van der Waals surface area contributed by atoms with Gasteiger partial charge in [0.2, 0.25) is 0 Å². The van der Waals surface area contributed by atoms with Gasteiger partial charge in [0.25, 0.3) is 5.89 Å². The van der Waals surface area contributed by atoms with E-state index in [2.05, 4.69) is 37.3 Å². The SMILES string of the molecule is CN1CCNCC1c1noc(-c2cccnc2N2CCCC2)n1. The van der Waals surface area contributed by atoms with Crippen LogP contribution in [0.5, 0.6) is 0 Å². The molecule has 4 heterocycles. The highest BCUT2D eigenvalue weighted by molar-refractivity contribution is 5.69. The fourth-order valence-electron chi connectivity index (χ4n) is 3.32. The summed E-state index contributed by atoms with van der Waals surface area (Å²) in [7, 11) is 2.10. The number of nitrogens with one attached hydrogen (secondary N) is 1. The minimum atomic E-state index is 0.160. The minimum Gasteiger partial charge on any atom is -0.356 e. The number of pyridine rings is 1. The fraction of sp³-hybridized carbons (Fsp3) is 0.562. The van der Waals surface area contributed by atoms with Gasteiger partial charge in [0.05, 0.1) is 11.6 Å². The van der Waals surface area contributed by atoms with Gasteiger partial charge in [0, 0.05) is 38.9 Å². The molecule has 23 heavy (non-hydrogen) atoms. The average Bonchev–Trinajstić information content (AvgIpc) is 3.27. The van der Waals surface area contributed by atoms with Crippen molar-refractivity contribution in [2.75, 3.05) is 44.7 Å². The van der Waals surface area contributed by atoms with E-state index in [0.717, 1.165) is 49.9 Å². The predicted octanol–water partition coefficient (Wildman–Crippen LogP) is 1.31. The van der Waals surface area contributed by atoms with Gasteiger partial charge in [-0.15, -0.1) is 0 Å². The molecule has 122 valence electrons. The highest BCUT2D eigenvalue weighted by atomic mass is 16.5. The zero-order valence-corrected chi connectivity index (χ0v) is 13.4. The number of nitrogens with zero attached hydrogens (tertiary/aromatic N) is 5. The van der Waals surface area contributed by atoms with Crippen LogP contribution in [0.4, 0.5) is 5.82 Å². The monoisotopic (exact) mass is 314 g/mol. The molecule has 2 aromatic heterocycles. The molecule has 7 nitrogen and oxygen atoms in total. The van der Waals surface area contributed by atoms with Gasteiger partial charge in [-0.05, 0) is 32.0 Å². The minimum absolute atomic E-state index is 0.160. The Kier molecular flexibility index (Phi) is 3.97. The average molecular weight is 314 g/mol. The molecule has 2 aliphatic rings. The first-order chi connectivity index (χ1) is 11.3. The van der Waals surface area contributed by atoms with E-state index < -0.39 is 0 Å². The molecule has 0 saturated carbocycles. The molecule has 2 fully saturated rings. The van der Waals surface area contributed by atoms with Crippen LogP contribution in [0.25, 0.3) is 11.5 Å². The Labute approximate surface area is 135 Å². The van der Waals surface area contributed by atoms with Crippen molar-refractivity contribution in [3.05, 3.63) is 24.2 Å². The Morgan fingerprint density at radius 1 is 1.26 bits per heavy atom. The molecule has 0 aromatic carbocycles. The lowest BCUT2D eigenvalue weighted by Gasteiger charge is -2.30. The maximum Gasteiger partial charge on any atom is 0.261 e. The lowest BCUT2D eigenvalue weighted by molar-refractivity contribution is 0.190. The van der Waals surface area contributed by atoms with E-state index in [-0.39, 0.29) is 6.04 Å². The van der Waals surface area contributed by atoms with Gasteiger partial charge in [-0.3, -0.25) is 4.90 Å². The normalized spacial score (nSPS) is 22.7. The lowest BCUT2D eigenvalue weighted by atomic mass is 10.2. The Balaban J connectivity index is 1.64. The third kappa shape index (κ3) is 2.82. The summed E-state index contributed by atoms with van der Waals surface area (Å²) in [5, 5.41) is 7.61. The molecule has 1 atom stereocenters. The highest BCUT2D eigenvalue weighted by Gasteiger charge is 2.27. The number of aromatic nitrogens is 3. The second-order valence-corrected chi connectivity index (χ2v) is 6.23. The van der Waals surface area contributed by atoms with E-state index in [1.165, 1.54) is 12.8 Å². The molecule has 7 heteroatoms. The standard InChI is InChI=1S/C16H22N6O/c1-21-10-7-17-11-13(21)14-19-16(23-20-14)12-5-4-6-18-15(12)22-8-2-3-9-22/h4-6,13,17H,2-3,7-11H2,1H3. The van der Waals surface area contributed by atoms with E-state index >= 15 is 0 Å². The van der Waals surface area contributed by atoms with Crippen LogP contribution < -0.4 is 10.2 Å². The summed E-state index contributed by atoms with van der Waals surface area (Å²) in [6.45, 7) is 4.92. The number of hydrogen-bond donors (Lipinski definition) is 1. The molecule has 0 aliphatic carbocycles. The maximum absolute atomic E-state index is 5.57. The first-order valence-corrected chi connectivity index (χ1v) is 8.28. The summed E-state index contributed by atoms with van der Waals surface area (Å²) in [4.78, 5) is 13.8. The van der Waals surface area contributed by atoms with E-state index in [1.54, 1.807) is 0 Å². The van der Waals surface area contributed by atoms with Crippen LogP contribution in [0.3, 0.4) is 0 Å². The van der Waals surface area contributed by atoms with Gasteiger partial charge in [0.1, 0.15) is 5.82 Å². The van der Waals surface area contributed by atoms with Crippen molar-refractivity contribution in [2.24, 2.45) is 0 Å². The molecular weight excluding hydrogens is 292 g/mol. The number of anilines is 1. The van der Waals surface area contributed by atoms with Crippen LogP contribution in [-0.4, -0.2) is 59.8 Å². The summed E-state index contributed by atoms with van der Waals surface area (Å²) in [6, 6.07) is 4.10. The zero-order valence-electron chi connectivity index (χ0n) is 13.4. The second-order valence-electron chi connectivity index (χ2n) is 6.23. The van der Waals surface area contributed by atoms with Crippen LogP contribution in [-0.2, 0) is 0 Å². The largest absolute Gasteiger partial charge is 0.356 e. The number of likely N-dealkylation sites (N-methyl/N-ethyl adjacent to an activating group) is 1. The van der Waals surface area contributed by atoms with Crippen molar-refractivity contribution in [3.8, 4) is 11.5 Å². The van der Waals surface area contributed by atoms with Crippen LogP contribution in [0.1, 0.15) is 24.7 Å². The maximum atomic E-state index is 5.57. The third-order valence-corrected chi connectivity index (χ3v) is 4.67. The van der Waals surface area contributed by atoms with Crippen LogP contribution in [0.15, 0.2) is 22.9 Å². The predicted molar refractivity (Wildman–Crippen MR) is 87.2 cm³/mol. The highest BCUT2D eigenvalue weighted by Crippen LogP contribution is 2.30. The van der Waals surface area contributed by atoms with Crippen LogP contribution >= 0.6 is 0 Å². The summed E-state index contributed by atoms with van der Waals surface area (Å²) in [6.07, 6.45) is 4.25. The molecule has 1 unspecified atom stereocenters. The van der Waals surface area contributed by atoms with Gasteiger partial charge in [0.15, 0.2) is 5.82 Å². The van der Waals surface area contributed by atoms with E-state index in [4.69, 9.17) is 4.52 Å². The van der Waals surface area contributed by atoms with Crippen molar-refractivity contribution in [2.45, 2.75) is 18.9 Å². The molecule has 2 aliphatic heterocycles. The quantitative estimate of drug-likeness (QED) is 0.916. The van der Waals surface area contributed by atoms with Crippen LogP contribution in [0.2, 0.25) is 0 Å². The molecule has 4 rings (SSSR count). The van der Waals surface area contributed by atoms with Gasteiger partial charge < -0.3 is 14.7 Å². The van der Waals surface area contributed by atoms with E-state index in [0.29, 0.717) is 5.89 Å². The van der Waals surface area contributed by atoms with E-state index in [1.807, 2.05) is 18.3 Å². The molecule has 2 saturated heterocycles. The molecule has 0 amide bonds. The summed E-state index contributed by atoms with van der Waals surface area (Å²) < 4.78 is 5.57. The topological polar surface area (TPSA) is 70.3 Å². The molecular formula is C16H22N6O. The lowest BCUT2D eigenvalue weighted by Crippen LogP contribution is -2.44. The molecule has 1 N–H and O–H groups in total. The van der Waals surface area contributed by atoms with E-state index in [9.17, 15) is 0 Å². The zero-order chi connectivity index (χ0) is 15.6. The van der Waals surface area contributed by atoms with Crippen LogP contribution in [0, 0.1) is 0 Å². The van der Waals surface area contributed by atoms with Crippen molar-refractivity contribution < 1.29 is 4.52 Å². The van der Waals surface area contributed by atoms with Gasteiger partial charge in [-0.1, -0.05) is 5.16 Å². The molecule has 0 radical (unpaired) electrons. The smallest absolute Gasteiger partial charge is 0.261 e. The number of hydrogen-bond acceptors (Lipinski definition) is 7. The van der Waals surface area contributed by atoms with Gasteiger partial charge >= 0.3 is 0 Å². The number of rotatable bonds is 3. The third-order valence-electron chi connectivity index (χ3n) is 4.67. The van der Waals surface area contributed by atoms with Crippen molar-refractivity contribution in [1.29, 1.82) is 0 Å². The van der Waals surface area contributed by atoms with Gasteiger partial charge in [-0.25, -0.2) is 4.98 Å². The second kappa shape index (κ2) is 6.25. The molecule has 0 bridgehead atoms. The molecule has 2 aromatic rings. The summed E-state index contributed by atoms with van der Waals surface area (Å²) >= 11 is 0. The van der Waals surface area contributed by atoms with Crippen molar-refractivity contribution in [1.82, 2.24) is 25.3 Å². The summed E-state index contributed by atoms with van der Waals surface area (Å²) in [5.74, 6) is 2.26. The Morgan fingerprint density at radius 2 is 2.13 bits per heavy atom. The van der Waals surface area contributed by atoms with Crippen molar-refractivity contribution >= 4 is 5.82 Å². The fourth-order valence-corrected chi connectivity index (χ4v) is 3.32. The number of piperazine rings is 1. The summed E-state index contributed by atoms with van der Waals surface area (Å²) in [5.41, 5.74) is 0.930. The Hall–Kier alpha value is -1.99. The first kappa shape index (κ1) is 14.6. The Bertz CT molecular complexity index is 666. The van der Waals surface area contributed by atoms with Gasteiger partial charge in [-0.2, -0.15) is 4.98 Å². The van der Waals surface area contributed by atoms with Crippen molar-refractivity contribution in [3.63, 3.8) is 0 Å². The first-order valence-electron chi connectivity index (χ1n) is 8.28. The Morgan fingerprint density at radius 3 is 2.96 bits per heavy atom.